The van der Waals surface area contributed by atoms with Crippen LogP contribution in [0, 0.1) is 6.92 Å². The van der Waals surface area contributed by atoms with Crippen molar-refractivity contribution in [2.24, 2.45) is 5.16 Å². The van der Waals surface area contributed by atoms with Crippen LogP contribution in [0.4, 0.5) is 0 Å². The summed E-state index contributed by atoms with van der Waals surface area (Å²) in [5, 5.41) is 15.4. The highest BCUT2D eigenvalue weighted by Gasteiger charge is 2.41. The number of nitrogens with zero attached hydrogens (tertiary/aromatic N) is 1. The Hall–Kier alpha value is -1.53. The smallest absolute Gasteiger partial charge is 0.423 e. The molecule has 0 saturated heterocycles. The van der Waals surface area contributed by atoms with E-state index in [0.717, 1.165) is 33.4 Å². The van der Waals surface area contributed by atoms with Crippen molar-refractivity contribution in [3.63, 3.8) is 0 Å². The molecule has 134 valence electrons. The fourth-order valence-corrected chi connectivity index (χ4v) is 3.93. The maximum Gasteiger partial charge on any atom is 0.492 e. The molecule has 0 radical (unpaired) electrons. The van der Waals surface area contributed by atoms with Gasteiger partial charge in [-0.1, -0.05) is 46.6 Å². The third kappa shape index (κ3) is 2.93. The van der Waals surface area contributed by atoms with Crippen LogP contribution in [0.5, 0.6) is 0 Å². The van der Waals surface area contributed by atoms with Crippen LogP contribution in [-0.4, -0.2) is 17.9 Å². The molecular weight excluding hydrogens is 372 g/mol. The first-order valence-electron chi connectivity index (χ1n) is 8.45. The molecule has 0 bridgehead atoms. The molecule has 1 N–H and O–H groups in total. The highest BCUT2D eigenvalue weighted by Crippen LogP contribution is 2.36. The van der Waals surface area contributed by atoms with Crippen molar-refractivity contribution >= 4 is 41.5 Å². The van der Waals surface area contributed by atoms with E-state index >= 15 is 0 Å². The summed E-state index contributed by atoms with van der Waals surface area (Å²) in [6.45, 7) is 5.81. The van der Waals surface area contributed by atoms with Gasteiger partial charge in [0.05, 0.1) is 21.4 Å². The molecule has 2 aromatic carbocycles. The predicted molar refractivity (Wildman–Crippen MR) is 104 cm³/mol. The Morgan fingerprint density at radius 2 is 2.00 bits per heavy atom. The van der Waals surface area contributed by atoms with Gasteiger partial charge in [0.15, 0.2) is 6.10 Å². The van der Waals surface area contributed by atoms with E-state index in [1.807, 2.05) is 51.1 Å². The molecule has 4 rings (SSSR count). The summed E-state index contributed by atoms with van der Waals surface area (Å²) in [6, 6.07) is 9.67. The molecule has 0 saturated carbocycles. The van der Waals surface area contributed by atoms with Crippen LogP contribution in [0.3, 0.4) is 0 Å². The molecule has 2 heterocycles. The van der Waals surface area contributed by atoms with Gasteiger partial charge in [-0.3, -0.25) is 0 Å². The molecule has 1 atom stereocenters. The lowest BCUT2D eigenvalue weighted by atomic mass is 9.77. The Morgan fingerprint density at radius 3 is 2.73 bits per heavy atom. The van der Waals surface area contributed by atoms with Crippen molar-refractivity contribution in [1.82, 2.24) is 0 Å². The minimum Gasteiger partial charge on any atom is -0.423 e. The number of oxime groups is 1. The van der Waals surface area contributed by atoms with E-state index in [1.165, 1.54) is 0 Å². The van der Waals surface area contributed by atoms with E-state index in [4.69, 9.17) is 32.7 Å². The van der Waals surface area contributed by atoms with Gasteiger partial charge >= 0.3 is 7.12 Å². The zero-order valence-electron chi connectivity index (χ0n) is 14.7. The first-order valence-corrected chi connectivity index (χ1v) is 9.21. The summed E-state index contributed by atoms with van der Waals surface area (Å²) in [5.74, 6) is 0. The van der Waals surface area contributed by atoms with E-state index in [1.54, 1.807) is 0 Å². The number of aryl methyl sites for hydroxylation is 1. The maximum absolute atomic E-state index is 10.0. The van der Waals surface area contributed by atoms with Crippen LogP contribution in [0.15, 0.2) is 35.5 Å². The normalized spacial score (nSPS) is 20.8. The topological polar surface area (TPSA) is 51.0 Å². The lowest BCUT2D eigenvalue weighted by Crippen LogP contribution is -2.28. The first-order chi connectivity index (χ1) is 12.3. The molecule has 2 aliphatic rings. The number of benzene rings is 2. The monoisotopic (exact) mass is 389 g/mol. The quantitative estimate of drug-likeness (QED) is 0.786. The second-order valence-corrected chi connectivity index (χ2v) is 8.04. The Bertz CT molecular complexity index is 906. The highest BCUT2D eigenvalue weighted by molar-refractivity contribution is 6.62. The lowest BCUT2D eigenvalue weighted by Gasteiger charge is -2.20. The summed E-state index contributed by atoms with van der Waals surface area (Å²) in [4.78, 5) is 5.65. The molecule has 0 fully saturated rings. The molecule has 1 unspecified atom stereocenters. The zero-order chi connectivity index (χ0) is 18.6. The summed E-state index contributed by atoms with van der Waals surface area (Å²) in [7, 11) is -0.886. The fraction of sp³-hybridized carbons (Fsp3) is 0.316. The van der Waals surface area contributed by atoms with E-state index < -0.39 is 12.7 Å². The third-order valence-corrected chi connectivity index (χ3v) is 5.88. The molecule has 0 aliphatic carbocycles. The Balaban J connectivity index is 1.60. The average molecular weight is 390 g/mol. The SMILES string of the molecule is Cc1cc(C2CC(c3ccc4c(c3)C(C)(C)OB4O)=NO2)cc(Cl)c1Cl. The highest BCUT2D eigenvalue weighted by atomic mass is 35.5. The van der Waals surface area contributed by atoms with Crippen LogP contribution >= 0.6 is 23.2 Å². The summed E-state index contributed by atoms with van der Waals surface area (Å²) in [5.41, 5.74) is 4.93. The van der Waals surface area contributed by atoms with Gasteiger partial charge in [0.25, 0.3) is 0 Å². The predicted octanol–water partition coefficient (Wildman–Crippen LogP) is 4.12. The van der Waals surface area contributed by atoms with Crippen molar-refractivity contribution in [3.8, 4) is 0 Å². The fourth-order valence-electron chi connectivity index (χ4n) is 3.54. The average Bonchev–Trinajstić information content (AvgIpc) is 3.16. The van der Waals surface area contributed by atoms with Gasteiger partial charge < -0.3 is 14.5 Å². The van der Waals surface area contributed by atoms with Crippen molar-refractivity contribution in [1.29, 1.82) is 0 Å². The minimum atomic E-state index is -0.886. The first kappa shape index (κ1) is 17.9. The molecule has 0 amide bonds. The summed E-state index contributed by atoms with van der Waals surface area (Å²) >= 11 is 12.3. The molecule has 0 aromatic heterocycles. The van der Waals surface area contributed by atoms with Gasteiger partial charge in [0.2, 0.25) is 0 Å². The summed E-state index contributed by atoms with van der Waals surface area (Å²) in [6.07, 6.45) is 0.446. The lowest BCUT2D eigenvalue weighted by molar-refractivity contribution is 0.0857. The number of hydrogen-bond acceptors (Lipinski definition) is 4. The van der Waals surface area contributed by atoms with E-state index in [-0.39, 0.29) is 6.10 Å². The van der Waals surface area contributed by atoms with Crippen LogP contribution in [0.1, 0.15) is 48.6 Å². The molecule has 7 heteroatoms. The van der Waals surface area contributed by atoms with E-state index in [0.29, 0.717) is 16.5 Å². The molecule has 4 nitrogen and oxygen atoms in total. The largest absolute Gasteiger partial charge is 0.492 e. The Morgan fingerprint density at radius 1 is 1.23 bits per heavy atom. The molecule has 0 spiro atoms. The number of rotatable bonds is 2. The summed E-state index contributed by atoms with van der Waals surface area (Å²) < 4.78 is 5.62. The maximum atomic E-state index is 10.0. The van der Waals surface area contributed by atoms with Gasteiger partial charge in [0, 0.05) is 6.42 Å². The second kappa shape index (κ2) is 6.27. The van der Waals surface area contributed by atoms with Crippen LogP contribution in [-0.2, 0) is 15.1 Å². The number of hydrogen-bond donors (Lipinski definition) is 1. The van der Waals surface area contributed by atoms with Crippen molar-refractivity contribution < 1.29 is 14.5 Å². The van der Waals surface area contributed by atoms with E-state index in [9.17, 15) is 5.02 Å². The molecule has 2 aromatic rings. The van der Waals surface area contributed by atoms with Gasteiger partial charge in [-0.2, -0.15) is 0 Å². The number of halogens is 2. The zero-order valence-corrected chi connectivity index (χ0v) is 16.2. The van der Waals surface area contributed by atoms with Crippen LogP contribution < -0.4 is 5.46 Å². The standard InChI is InChI=1S/C19H18BCl2NO3/c1-10-6-12(8-15(21)18(10)22)17-9-16(23-25-17)11-4-5-14-13(7-11)19(2,3)26-20(14)24/h4-8,17,24H,9H2,1-3H3. The molecule has 26 heavy (non-hydrogen) atoms. The van der Waals surface area contributed by atoms with Crippen molar-refractivity contribution in [2.45, 2.75) is 38.9 Å². The second-order valence-electron chi connectivity index (χ2n) is 7.25. The molecular formula is C19H18BCl2NO3. The number of fused-ring (bicyclic) bond motifs is 1. The Kier molecular flexibility index (Phi) is 4.31. The van der Waals surface area contributed by atoms with Gasteiger partial charge in [-0.15, -0.1) is 0 Å². The van der Waals surface area contributed by atoms with Gasteiger partial charge in [-0.05, 0) is 60.6 Å². The van der Waals surface area contributed by atoms with Gasteiger partial charge in [-0.25, -0.2) is 0 Å². The Labute approximate surface area is 162 Å². The van der Waals surface area contributed by atoms with Gasteiger partial charge in [0.1, 0.15) is 0 Å². The van der Waals surface area contributed by atoms with Crippen molar-refractivity contribution in [3.05, 3.63) is 62.6 Å². The van der Waals surface area contributed by atoms with E-state index in [2.05, 4.69) is 5.16 Å². The third-order valence-electron chi connectivity index (χ3n) is 4.98. The minimum absolute atomic E-state index is 0.193. The van der Waals surface area contributed by atoms with Crippen molar-refractivity contribution in [2.75, 3.05) is 0 Å². The van der Waals surface area contributed by atoms with Crippen LogP contribution in [0.2, 0.25) is 10.0 Å². The molecule has 2 aliphatic heterocycles. The van der Waals surface area contributed by atoms with Crippen LogP contribution in [0.25, 0.3) is 0 Å².